The van der Waals surface area contributed by atoms with Crippen molar-refractivity contribution in [1.29, 1.82) is 0 Å². The maximum absolute atomic E-state index is 12.2. The van der Waals surface area contributed by atoms with Gasteiger partial charge >= 0.3 is 11.9 Å². The SMILES string of the molecule is NCC(=O)NC(CC(=O)O)C(=O)NC(CS)C(=O)NC(CC(N)=O)C(=O)O. The zero-order chi connectivity index (χ0) is 21.1. The number of carboxylic acids is 2. The van der Waals surface area contributed by atoms with E-state index in [2.05, 4.69) is 23.3 Å². The predicted octanol–water partition coefficient (Wildman–Crippen LogP) is -4.24. The van der Waals surface area contributed by atoms with Gasteiger partial charge in [-0.25, -0.2) is 4.79 Å². The van der Waals surface area contributed by atoms with Gasteiger partial charge in [-0.05, 0) is 0 Å². The van der Waals surface area contributed by atoms with E-state index in [1.165, 1.54) is 0 Å². The van der Waals surface area contributed by atoms with Crippen molar-refractivity contribution < 1.29 is 39.0 Å². The Morgan fingerprint density at radius 1 is 0.852 bits per heavy atom. The van der Waals surface area contributed by atoms with Crippen molar-refractivity contribution in [3.05, 3.63) is 0 Å². The zero-order valence-electron chi connectivity index (χ0n) is 14.0. The van der Waals surface area contributed by atoms with E-state index in [4.69, 9.17) is 21.7 Å². The number of carbonyl (C=O) groups is 6. The Kier molecular flexibility index (Phi) is 10.4. The van der Waals surface area contributed by atoms with Crippen LogP contribution in [0.2, 0.25) is 0 Å². The van der Waals surface area contributed by atoms with Crippen LogP contribution >= 0.6 is 12.6 Å². The van der Waals surface area contributed by atoms with Crippen LogP contribution in [0.5, 0.6) is 0 Å². The predicted molar refractivity (Wildman–Crippen MR) is 92.4 cm³/mol. The van der Waals surface area contributed by atoms with Crippen LogP contribution in [0.25, 0.3) is 0 Å². The summed E-state index contributed by atoms with van der Waals surface area (Å²) in [5.41, 5.74) is 9.99. The molecule has 0 bridgehead atoms. The van der Waals surface area contributed by atoms with E-state index in [0.29, 0.717) is 0 Å². The molecule has 3 unspecified atom stereocenters. The second-order valence-electron chi connectivity index (χ2n) is 5.24. The molecule has 13 nitrogen and oxygen atoms in total. The largest absolute Gasteiger partial charge is 0.481 e. The van der Waals surface area contributed by atoms with Crippen LogP contribution in [-0.2, 0) is 28.8 Å². The summed E-state index contributed by atoms with van der Waals surface area (Å²) in [7, 11) is 0. The number of nitrogens with two attached hydrogens (primary N) is 2. The molecule has 0 saturated carbocycles. The number of thiol groups is 1. The minimum absolute atomic E-state index is 0.287. The van der Waals surface area contributed by atoms with Gasteiger partial charge in [-0.3, -0.25) is 24.0 Å². The number of nitrogens with one attached hydrogen (secondary N) is 3. The molecule has 0 aromatic carbocycles. The Bertz CT molecular complexity index is 614. The molecule has 0 saturated heterocycles. The van der Waals surface area contributed by atoms with E-state index in [1.54, 1.807) is 0 Å². The third-order valence-electron chi connectivity index (χ3n) is 3.05. The number of primary amides is 1. The van der Waals surface area contributed by atoms with Crippen molar-refractivity contribution in [3.8, 4) is 0 Å². The molecule has 0 radical (unpaired) electrons. The third-order valence-corrected chi connectivity index (χ3v) is 3.42. The molecule has 0 fully saturated rings. The molecule has 4 amide bonds. The summed E-state index contributed by atoms with van der Waals surface area (Å²) >= 11 is 3.86. The number of carboxylic acid groups (broad SMARTS) is 2. The first-order chi connectivity index (χ1) is 12.5. The maximum Gasteiger partial charge on any atom is 0.326 e. The quantitative estimate of drug-likeness (QED) is 0.146. The third kappa shape index (κ3) is 9.41. The summed E-state index contributed by atoms with van der Waals surface area (Å²) < 4.78 is 0. The number of hydrogen-bond acceptors (Lipinski definition) is 8. The minimum Gasteiger partial charge on any atom is -0.481 e. The minimum atomic E-state index is -1.62. The summed E-state index contributed by atoms with van der Waals surface area (Å²) in [6.45, 7) is -0.493. The Balaban J connectivity index is 5.12. The molecular weight excluding hydrogens is 386 g/mol. The average molecular weight is 407 g/mol. The lowest BCUT2D eigenvalue weighted by Gasteiger charge is -2.22. The highest BCUT2D eigenvalue weighted by Gasteiger charge is 2.30. The Hall–Kier alpha value is -2.87. The molecule has 0 heterocycles. The van der Waals surface area contributed by atoms with Crippen LogP contribution in [0.4, 0.5) is 0 Å². The molecule has 27 heavy (non-hydrogen) atoms. The van der Waals surface area contributed by atoms with Crippen molar-refractivity contribution in [2.45, 2.75) is 31.0 Å². The van der Waals surface area contributed by atoms with Crippen molar-refractivity contribution >= 4 is 48.2 Å². The van der Waals surface area contributed by atoms with Gasteiger partial charge in [0.1, 0.15) is 18.1 Å². The second kappa shape index (κ2) is 11.7. The monoisotopic (exact) mass is 407 g/mol. The Morgan fingerprint density at radius 2 is 1.37 bits per heavy atom. The summed E-state index contributed by atoms with van der Waals surface area (Å²) in [5.74, 6) is -6.99. The van der Waals surface area contributed by atoms with Crippen LogP contribution in [0, 0.1) is 0 Å². The van der Waals surface area contributed by atoms with Gasteiger partial charge in [0.2, 0.25) is 23.6 Å². The normalized spacial score (nSPS) is 13.6. The maximum atomic E-state index is 12.2. The molecule has 0 aliphatic carbocycles. The molecule has 9 N–H and O–H groups in total. The first kappa shape index (κ1) is 24.1. The standard InChI is InChI=1S/C13H21N5O8S/c14-3-9(20)16-5(2-10(21)22)11(23)18-7(4-27)12(24)17-6(13(25)26)1-8(15)19/h5-7,27H,1-4,14H2,(H2,15,19)(H,16,20)(H,17,24)(H,18,23)(H,21,22)(H,25,26). The highest BCUT2D eigenvalue weighted by molar-refractivity contribution is 7.80. The Morgan fingerprint density at radius 3 is 1.78 bits per heavy atom. The van der Waals surface area contributed by atoms with Crippen LogP contribution < -0.4 is 27.4 Å². The molecule has 0 aromatic heterocycles. The van der Waals surface area contributed by atoms with Gasteiger partial charge in [0.25, 0.3) is 0 Å². The molecular formula is C13H21N5O8S. The van der Waals surface area contributed by atoms with Gasteiger partial charge < -0.3 is 37.6 Å². The Labute approximate surface area is 158 Å². The molecule has 14 heteroatoms. The van der Waals surface area contributed by atoms with Gasteiger partial charge in [0, 0.05) is 5.75 Å². The van der Waals surface area contributed by atoms with Gasteiger partial charge in [-0.15, -0.1) is 0 Å². The van der Waals surface area contributed by atoms with E-state index in [-0.39, 0.29) is 5.75 Å². The molecule has 3 atom stereocenters. The summed E-state index contributed by atoms with van der Waals surface area (Å²) in [6.07, 6.45) is -1.46. The van der Waals surface area contributed by atoms with Gasteiger partial charge in [0.05, 0.1) is 19.4 Å². The van der Waals surface area contributed by atoms with E-state index in [1.807, 2.05) is 5.32 Å². The molecule has 152 valence electrons. The fourth-order valence-electron chi connectivity index (χ4n) is 1.78. The number of carbonyl (C=O) groups excluding carboxylic acids is 4. The topological polar surface area (TPSA) is 231 Å². The first-order valence-electron chi connectivity index (χ1n) is 7.45. The van der Waals surface area contributed by atoms with E-state index >= 15 is 0 Å². The van der Waals surface area contributed by atoms with E-state index < -0.39 is 73.1 Å². The van der Waals surface area contributed by atoms with Crippen LogP contribution in [-0.4, -0.2) is 76.2 Å². The van der Waals surface area contributed by atoms with E-state index in [0.717, 1.165) is 0 Å². The molecule has 0 aliphatic rings. The zero-order valence-corrected chi connectivity index (χ0v) is 14.9. The lowest BCUT2D eigenvalue weighted by Crippen LogP contribution is -2.57. The number of rotatable bonds is 12. The van der Waals surface area contributed by atoms with Crippen molar-refractivity contribution in [3.63, 3.8) is 0 Å². The fraction of sp³-hybridized carbons (Fsp3) is 0.538. The highest BCUT2D eigenvalue weighted by atomic mass is 32.1. The second-order valence-corrected chi connectivity index (χ2v) is 5.60. The molecule has 0 aromatic rings. The van der Waals surface area contributed by atoms with Gasteiger partial charge in [-0.2, -0.15) is 12.6 Å². The van der Waals surface area contributed by atoms with Crippen molar-refractivity contribution in [1.82, 2.24) is 16.0 Å². The number of hydrogen-bond donors (Lipinski definition) is 8. The summed E-state index contributed by atoms with van der Waals surface area (Å²) in [4.78, 5) is 68.3. The van der Waals surface area contributed by atoms with Crippen LogP contribution in [0.3, 0.4) is 0 Å². The van der Waals surface area contributed by atoms with Gasteiger partial charge in [-0.1, -0.05) is 0 Å². The molecule has 0 rings (SSSR count). The lowest BCUT2D eigenvalue weighted by molar-refractivity contribution is -0.144. The van der Waals surface area contributed by atoms with E-state index in [9.17, 15) is 28.8 Å². The van der Waals surface area contributed by atoms with Crippen molar-refractivity contribution in [2.75, 3.05) is 12.3 Å². The molecule has 0 spiro atoms. The van der Waals surface area contributed by atoms with Crippen LogP contribution in [0.1, 0.15) is 12.8 Å². The first-order valence-corrected chi connectivity index (χ1v) is 8.09. The lowest BCUT2D eigenvalue weighted by atomic mass is 10.1. The fourth-order valence-corrected chi connectivity index (χ4v) is 2.03. The van der Waals surface area contributed by atoms with Crippen LogP contribution in [0.15, 0.2) is 0 Å². The smallest absolute Gasteiger partial charge is 0.326 e. The average Bonchev–Trinajstić information content (AvgIpc) is 2.56. The molecule has 0 aliphatic heterocycles. The summed E-state index contributed by atoms with van der Waals surface area (Å²) in [6, 6.07) is -4.52. The van der Waals surface area contributed by atoms with Gasteiger partial charge in [0.15, 0.2) is 0 Å². The number of aliphatic carboxylic acids is 2. The number of amides is 4. The summed E-state index contributed by atoms with van der Waals surface area (Å²) in [5, 5.41) is 24.0. The highest BCUT2D eigenvalue weighted by Crippen LogP contribution is 1.99. The van der Waals surface area contributed by atoms with Crippen molar-refractivity contribution in [2.24, 2.45) is 11.5 Å².